The third-order valence-electron chi connectivity index (χ3n) is 3.39. The maximum atomic E-state index is 12.4. The number of ether oxygens (including phenoxy) is 1. The Morgan fingerprint density at radius 1 is 1.24 bits per heavy atom. The Morgan fingerprint density at radius 3 is 2.48 bits per heavy atom. The second kappa shape index (κ2) is 4.91. The number of hydrogen-bond acceptors (Lipinski definition) is 5. The molecule has 0 saturated carbocycles. The molecule has 1 aromatic rings. The summed E-state index contributed by atoms with van der Waals surface area (Å²) in [5.41, 5.74) is 0.669. The van der Waals surface area contributed by atoms with Gasteiger partial charge >= 0.3 is 8.25 Å². The van der Waals surface area contributed by atoms with E-state index in [4.69, 9.17) is 9.63 Å². The van der Waals surface area contributed by atoms with Crippen LogP contribution in [-0.2, 0) is 13.8 Å². The molecule has 1 aliphatic heterocycles. The fourth-order valence-corrected chi connectivity index (χ4v) is 2.75. The van der Waals surface area contributed by atoms with Gasteiger partial charge in [-0.3, -0.25) is 9.59 Å². The molecular weight excluding hydrogens is 295 g/mol. The lowest BCUT2D eigenvalue weighted by Gasteiger charge is -2.23. The van der Waals surface area contributed by atoms with E-state index >= 15 is 0 Å². The maximum Gasteiger partial charge on any atom is 0.747 e. The number of carbonyl (C=O) groups is 2. The van der Waals surface area contributed by atoms with E-state index in [2.05, 4.69) is 11.1 Å². The SMILES string of the molecule is C=C(O[P+](=O)O)C1=CC2C(=O)c3ccccc3C(=O)C2O1. The molecule has 7 heteroatoms. The standard InChI is InChI=1S/C14H9O6P/c1-7(20-21(17)18)11-6-10-12(15)8-4-2-3-5-9(8)13(16)14(10)19-11/h2-6,10,14H,1H2/p+1. The lowest BCUT2D eigenvalue weighted by atomic mass is 9.80. The normalized spacial score (nSPS) is 23.7. The molecule has 1 aliphatic carbocycles. The first kappa shape index (κ1) is 13.7. The number of ketones is 2. The molecule has 0 amide bonds. The van der Waals surface area contributed by atoms with Crippen LogP contribution in [0, 0.1) is 5.92 Å². The van der Waals surface area contributed by atoms with Crippen molar-refractivity contribution in [1.82, 2.24) is 0 Å². The molecular formula is C14H10O6P+. The Bertz CT molecular complexity index is 720. The highest BCUT2D eigenvalue weighted by Crippen LogP contribution is 2.38. The zero-order valence-corrected chi connectivity index (χ0v) is 11.6. The van der Waals surface area contributed by atoms with Crippen molar-refractivity contribution in [3.63, 3.8) is 0 Å². The van der Waals surface area contributed by atoms with Gasteiger partial charge in [-0.2, -0.15) is 0 Å². The summed E-state index contributed by atoms with van der Waals surface area (Å²) < 4.78 is 20.6. The van der Waals surface area contributed by atoms with Gasteiger partial charge in [0.1, 0.15) is 0 Å². The van der Waals surface area contributed by atoms with Crippen LogP contribution in [0.3, 0.4) is 0 Å². The molecule has 21 heavy (non-hydrogen) atoms. The third-order valence-corrected chi connectivity index (χ3v) is 3.77. The van der Waals surface area contributed by atoms with Crippen LogP contribution in [-0.4, -0.2) is 22.6 Å². The summed E-state index contributed by atoms with van der Waals surface area (Å²) in [7, 11) is -2.89. The number of carbonyl (C=O) groups excluding carboxylic acids is 2. The number of benzene rings is 1. The topological polar surface area (TPSA) is 89.9 Å². The van der Waals surface area contributed by atoms with E-state index in [1.807, 2.05) is 0 Å². The van der Waals surface area contributed by atoms with Gasteiger partial charge in [0.2, 0.25) is 11.5 Å². The van der Waals surface area contributed by atoms with Crippen LogP contribution in [0.15, 0.2) is 48.4 Å². The first-order valence-electron chi connectivity index (χ1n) is 6.08. The monoisotopic (exact) mass is 305 g/mol. The Kier molecular flexibility index (Phi) is 3.20. The Balaban J connectivity index is 1.95. The molecule has 1 N–H and O–H groups in total. The van der Waals surface area contributed by atoms with Crippen LogP contribution < -0.4 is 0 Å². The molecule has 3 unspecified atom stereocenters. The second-order valence-corrected chi connectivity index (χ2v) is 5.28. The fourth-order valence-electron chi connectivity index (χ4n) is 2.47. The minimum Gasteiger partial charge on any atom is -0.477 e. The third kappa shape index (κ3) is 2.18. The van der Waals surface area contributed by atoms with Crippen molar-refractivity contribution in [2.75, 3.05) is 0 Å². The van der Waals surface area contributed by atoms with Crippen LogP contribution in [0.1, 0.15) is 20.7 Å². The molecule has 3 rings (SSSR count). The van der Waals surface area contributed by atoms with Crippen LogP contribution in [0.4, 0.5) is 0 Å². The molecule has 0 aromatic heterocycles. The van der Waals surface area contributed by atoms with E-state index in [0.29, 0.717) is 11.1 Å². The van der Waals surface area contributed by atoms with Crippen molar-refractivity contribution >= 4 is 19.8 Å². The Morgan fingerprint density at radius 2 is 1.86 bits per heavy atom. The molecule has 106 valence electrons. The van der Waals surface area contributed by atoms with Crippen molar-refractivity contribution in [3.05, 3.63) is 59.6 Å². The highest BCUT2D eigenvalue weighted by Gasteiger charge is 2.46. The highest BCUT2D eigenvalue weighted by molar-refractivity contribution is 7.32. The van der Waals surface area contributed by atoms with Crippen LogP contribution >= 0.6 is 8.25 Å². The zero-order chi connectivity index (χ0) is 15.1. The maximum absolute atomic E-state index is 12.4. The second-order valence-electron chi connectivity index (χ2n) is 4.62. The largest absolute Gasteiger partial charge is 0.747 e. The van der Waals surface area contributed by atoms with Gasteiger partial charge in [0.05, 0.1) is 5.92 Å². The molecule has 0 spiro atoms. The molecule has 2 aliphatic rings. The molecule has 1 heterocycles. The van der Waals surface area contributed by atoms with Crippen LogP contribution in [0.25, 0.3) is 0 Å². The number of fused-ring (bicyclic) bond motifs is 2. The summed E-state index contributed by atoms with van der Waals surface area (Å²) in [6.07, 6.45) is 0.432. The Hall–Kier alpha value is -2.30. The quantitative estimate of drug-likeness (QED) is 0.679. The van der Waals surface area contributed by atoms with E-state index in [1.165, 1.54) is 6.08 Å². The van der Waals surface area contributed by atoms with Gasteiger partial charge in [-0.1, -0.05) is 24.3 Å². The van der Waals surface area contributed by atoms with E-state index in [-0.39, 0.29) is 23.1 Å². The predicted octanol–water partition coefficient (Wildman–Crippen LogP) is 2.14. The van der Waals surface area contributed by atoms with Gasteiger partial charge in [0, 0.05) is 15.7 Å². The van der Waals surface area contributed by atoms with E-state index in [0.717, 1.165) is 0 Å². The van der Waals surface area contributed by atoms with E-state index in [1.54, 1.807) is 24.3 Å². The molecule has 6 nitrogen and oxygen atoms in total. The zero-order valence-electron chi connectivity index (χ0n) is 10.7. The van der Waals surface area contributed by atoms with Crippen molar-refractivity contribution in [2.45, 2.75) is 6.10 Å². The molecule has 0 bridgehead atoms. The highest BCUT2D eigenvalue weighted by atomic mass is 31.1. The fraction of sp³-hybridized carbons (Fsp3) is 0.143. The average Bonchev–Trinajstić information content (AvgIpc) is 2.90. The van der Waals surface area contributed by atoms with Crippen molar-refractivity contribution in [2.24, 2.45) is 5.92 Å². The van der Waals surface area contributed by atoms with Gasteiger partial charge < -0.3 is 4.74 Å². The molecule has 0 saturated heterocycles. The van der Waals surface area contributed by atoms with Crippen LogP contribution in [0.5, 0.6) is 0 Å². The number of rotatable bonds is 3. The van der Waals surface area contributed by atoms with Crippen LogP contribution in [0.2, 0.25) is 0 Å². The van der Waals surface area contributed by atoms with Gasteiger partial charge in [-0.25, -0.2) is 4.52 Å². The van der Waals surface area contributed by atoms with E-state index < -0.39 is 20.3 Å². The summed E-state index contributed by atoms with van der Waals surface area (Å²) in [5.74, 6) is -1.44. The van der Waals surface area contributed by atoms with E-state index in [9.17, 15) is 14.2 Å². The molecule has 0 radical (unpaired) electrons. The number of hydrogen-bond donors (Lipinski definition) is 1. The molecule has 1 aromatic carbocycles. The minimum atomic E-state index is -2.89. The van der Waals surface area contributed by atoms with Crippen molar-refractivity contribution in [3.8, 4) is 0 Å². The Labute approximate surface area is 120 Å². The van der Waals surface area contributed by atoms with Crippen molar-refractivity contribution in [1.29, 1.82) is 0 Å². The lowest BCUT2D eigenvalue weighted by molar-refractivity contribution is 0.0541. The summed E-state index contributed by atoms with van der Waals surface area (Å²) >= 11 is 0. The lowest BCUT2D eigenvalue weighted by Crippen LogP contribution is -2.38. The van der Waals surface area contributed by atoms with Gasteiger partial charge in [-0.05, 0) is 12.7 Å². The molecule has 0 fully saturated rings. The van der Waals surface area contributed by atoms with Gasteiger partial charge in [0.25, 0.3) is 0 Å². The summed E-state index contributed by atoms with van der Waals surface area (Å²) in [6.45, 7) is 3.45. The van der Waals surface area contributed by atoms with Gasteiger partial charge in [0.15, 0.2) is 17.6 Å². The predicted molar refractivity (Wildman–Crippen MR) is 71.6 cm³/mol. The van der Waals surface area contributed by atoms with Gasteiger partial charge in [-0.15, -0.1) is 4.89 Å². The number of Topliss-reactive ketones (excluding diaryl/α,β-unsaturated/α-hetero) is 2. The summed E-state index contributed by atoms with van der Waals surface area (Å²) in [4.78, 5) is 33.4. The van der Waals surface area contributed by atoms with Crippen molar-refractivity contribution < 1.29 is 28.3 Å². The average molecular weight is 305 g/mol. The first-order valence-corrected chi connectivity index (χ1v) is 7.21. The smallest absolute Gasteiger partial charge is 0.477 e. The summed E-state index contributed by atoms with van der Waals surface area (Å²) in [5, 5.41) is 0. The minimum absolute atomic E-state index is 0.0388. The first-order chi connectivity index (χ1) is 9.99. The summed E-state index contributed by atoms with van der Waals surface area (Å²) in [6, 6.07) is 6.52. The molecule has 3 atom stereocenters.